The minimum atomic E-state index is -5.06. The Labute approximate surface area is 104 Å². The zero-order valence-electron chi connectivity index (χ0n) is 9.52. The van der Waals surface area contributed by atoms with E-state index in [0.717, 1.165) is 6.07 Å². The monoisotopic (exact) mass is 278 g/mol. The average molecular weight is 278 g/mol. The van der Waals surface area contributed by atoms with Gasteiger partial charge in [0.05, 0.1) is 6.26 Å². The molecular weight excluding hydrogens is 271 g/mol. The number of hydrogen-bond acceptors (Lipinski definition) is 2. The van der Waals surface area contributed by atoms with Crippen molar-refractivity contribution in [2.24, 2.45) is 0 Å². The van der Waals surface area contributed by atoms with Gasteiger partial charge in [-0.3, -0.25) is 4.79 Å². The molecule has 0 saturated carbocycles. The Bertz CT molecular complexity index is 574. The van der Waals surface area contributed by atoms with Gasteiger partial charge in [0, 0.05) is 23.1 Å². The minimum Gasteiger partial charge on any atom is -0.461 e. The molecule has 0 fully saturated rings. The number of halogens is 5. The van der Waals surface area contributed by atoms with Gasteiger partial charge >= 0.3 is 6.18 Å². The fourth-order valence-corrected chi connectivity index (χ4v) is 1.83. The lowest BCUT2D eigenvalue weighted by Crippen LogP contribution is -2.28. The molecule has 0 spiro atoms. The van der Waals surface area contributed by atoms with Crippen LogP contribution in [-0.2, 0) is 4.79 Å². The zero-order chi connectivity index (χ0) is 14.4. The number of ether oxygens (including phenoxy) is 1. The van der Waals surface area contributed by atoms with E-state index >= 15 is 0 Å². The van der Waals surface area contributed by atoms with Crippen molar-refractivity contribution in [3.05, 3.63) is 41.2 Å². The fourth-order valence-electron chi connectivity index (χ4n) is 1.83. The van der Waals surface area contributed by atoms with Crippen LogP contribution in [0.5, 0.6) is 5.75 Å². The number of allylic oxidation sites excluding steroid dienone is 1. The Balaban J connectivity index is 2.46. The summed E-state index contributed by atoms with van der Waals surface area (Å²) >= 11 is 0. The van der Waals surface area contributed by atoms with Crippen molar-refractivity contribution >= 4 is 5.78 Å². The Kier molecular flexibility index (Phi) is 3.07. The topological polar surface area (TPSA) is 26.3 Å². The Morgan fingerprint density at radius 2 is 1.89 bits per heavy atom. The van der Waals surface area contributed by atoms with E-state index in [4.69, 9.17) is 0 Å². The van der Waals surface area contributed by atoms with E-state index in [1.165, 1.54) is 6.92 Å². The van der Waals surface area contributed by atoms with E-state index in [1.54, 1.807) is 0 Å². The van der Waals surface area contributed by atoms with Crippen molar-refractivity contribution in [2.45, 2.75) is 19.0 Å². The Morgan fingerprint density at radius 1 is 1.26 bits per heavy atom. The molecule has 0 bridgehead atoms. The highest BCUT2D eigenvalue weighted by Gasteiger charge is 2.44. The van der Waals surface area contributed by atoms with Crippen LogP contribution in [-0.4, -0.2) is 12.0 Å². The predicted molar refractivity (Wildman–Crippen MR) is 54.5 cm³/mol. The molecule has 1 aliphatic rings. The van der Waals surface area contributed by atoms with Crippen molar-refractivity contribution < 1.29 is 31.5 Å². The summed E-state index contributed by atoms with van der Waals surface area (Å²) in [5.74, 6) is -5.55. The summed E-state index contributed by atoms with van der Waals surface area (Å²) in [4.78, 5) is 11.1. The third-order valence-electron chi connectivity index (χ3n) is 2.79. The molecule has 0 aliphatic carbocycles. The molecule has 7 heteroatoms. The molecule has 0 aromatic heterocycles. The number of alkyl halides is 3. The Morgan fingerprint density at radius 3 is 2.47 bits per heavy atom. The van der Waals surface area contributed by atoms with Crippen LogP contribution in [0.15, 0.2) is 24.0 Å². The first-order valence-electron chi connectivity index (χ1n) is 5.19. The molecule has 1 aliphatic heterocycles. The van der Waals surface area contributed by atoms with Gasteiger partial charge in [0.25, 0.3) is 5.78 Å². The van der Waals surface area contributed by atoms with Gasteiger partial charge in [-0.1, -0.05) is 6.92 Å². The maximum atomic E-state index is 13.4. The molecule has 1 atom stereocenters. The van der Waals surface area contributed by atoms with Crippen molar-refractivity contribution in [3.63, 3.8) is 0 Å². The number of carbonyl (C=O) groups is 1. The summed E-state index contributed by atoms with van der Waals surface area (Å²) in [6.45, 7) is 1.25. The van der Waals surface area contributed by atoms with Crippen LogP contribution in [0.3, 0.4) is 0 Å². The first kappa shape index (κ1) is 13.5. The minimum absolute atomic E-state index is 0.132. The first-order valence-corrected chi connectivity index (χ1v) is 5.19. The number of rotatable bonds is 1. The number of Topliss-reactive ketones (excluding diaryl/α,β-unsaturated/α-hetero) is 1. The van der Waals surface area contributed by atoms with Crippen molar-refractivity contribution in [1.29, 1.82) is 0 Å². The number of fused-ring (bicyclic) bond motifs is 1. The van der Waals surface area contributed by atoms with Gasteiger partial charge in [0.15, 0.2) is 11.6 Å². The first-order chi connectivity index (χ1) is 8.71. The average Bonchev–Trinajstić information content (AvgIpc) is 2.28. The van der Waals surface area contributed by atoms with Gasteiger partial charge in [0.2, 0.25) is 0 Å². The normalized spacial score (nSPS) is 18.4. The summed E-state index contributed by atoms with van der Waals surface area (Å²) in [5, 5.41) is 0. The number of benzene rings is 1. The van der Waals surface area contributed by atoms with E-state index in [1.807, 2.05) is 0 Å². The van der Waals surface area contributed by atoms with Crippen LogP contribution >= 0.6 is 0 Å². The van der Waals surface area contributed by atoms with Crippen LogP contribution in [0.4, 0.5) is 22.0 Å². The van der Waals surface area contributed by atoms with Gasteiger partial charge in [-0.2, -0.15) is 13.2 Å². The third-order valence-corrected chi connectivity index (χ3v) is 2.79. The Hall–Kier alpha value is -1.92. The second-order valence-corrected chi connectivity index (χ2v) is 4.05. The quantitative estimate of drug-likeness (QED) is 0.735. The second kappa shape index (κ2) is 4.32. The highest BCUT2D eigenvalue weighted by molar-refractivity contribution is 6.01. The van der Waals surface area contributed by atoms with Gasteiger partial charge in [0.1, 0.15) is 5.82 Å². The fraction of sp³-hybridized carbons (Fsp3) is 0.250. The standard InChI is InChI=1S/C12H7F5O2/c1-5-7-2-6(13)3-9(14)10(7)19-4-8(5)11(18)12(15,16)17/h2-5H,1H3. The maximum absolute atomic E-state index is 13.4. The molecule has 1 aromatic rings. The van der Waals surface area contributed by atoms with E-state index in [2.05, 4.69) is 4.74 Å². The number of ketones is 1. The van der Waals surface area contributed by atoms with Crippen molar-refractivity contribution in [1.82, 2.24) is 0 Å². The van der Waals surface area contributed by atoms with E-state index in [0.29, 0.717) is 12.3 Å². The van der Waals surface area contributed by atoms with Crippen LogP contribution in [0.1, 0.15) is 18.4 Å². The molecule has 1 unspecified atom stereocenters. The molecule has 0 amide bonds. The lowest BCUT2D eigenvalue weighted by molar-refractivity contribution is -0.167. The molecule has 102 valence electrons. The molecule has 0 saturated heterocycles. The summed E-state index contributed by atoms with van der Waals surface area (Å²) in [7, 11) is 0. The molecule has 0 radical (unpaired) electrons. The highest BCUT2D eigenvalue weighted by atomic mass is 19.4. The number of carbonyl (C=O) groups excluding carboxylic acids is 1. The smallest absolute Gasteiger partial charge is 0.454 e. The van der Waals surface area contributed by atoms with Crippen molar-refractivity contribution in [2.75, 3.05) is 0 Å². The summed E-state index contributed by atoms with van der Waals surface area (Å²) < 4.78 is 68.2. The van der Waals surface area contributed by atoms with E-state index in [-0.39, 0.29) is 11.3 Å². The van der Waals surface area contributed by atoms with Crippen LogP contribution in [0.25, 0.3) is 0 Å². The summed E-state index contributed by atoms with van der Waals surface area (Å²) in [5.41, 5.74) is -0.822. The highest BCUT2D eigenvalue weighted by Crippen LogP contribution is 2.40. The molecule has 19 heavy (non-hydrogen) atoms. The zero-order valence-corrected chi connectivity index (χ0v) is 9.52. The van der Waals surface area contributed by atoms with Gasteiger partial charge < -0.3 is 4.74 Å². The lowest BCUT2D eigenvalue weighted by atomic mass is 9.88. The molecule has 1 aromatic carbocycles. The van der Waals surface area contributed by atoms with Gasteiger partial charge in [-0.15, -0.1) is 0 Å². The van der Waals surface area contributed by atoms with E-state index < -0.39 is 35.1 Å². The number of hydrogen-bond donors (Lipinski definition) is 0. The molecule has 2 rings (SSSR count). The maximum Gasteiger partial charge on any atom is 0.454 e. The van der Waals surface area contributed by atoms with Crippen molar-refractivity contribution in [3.8, 4) is 5.75 Å². The predicted octanol–water partition coefficient (Wildman–Crippen LogP) is 3.48. The molecule has 1 heterocycles. The lowest BCUT2D eigenvalue weighted by Gasteiger charge is -2.23. The summed E-state index contributed by atoms with van der Waals surface area (Å²) in [6, 6.07) is 1.40. The van der Waals surface area contributed by atoms with Crippen LogP contribution < -0.4 is 4.74 Å². The van der Waals surface area contributed by atoms with Gasteiger partial charge in [-0.25, -0.2) is 8.78 Å². The summed E-state index contributed by atoms with van der Waals surface area (Å²) in [6.07, 6.45) is -4.50. The molecule has 0 N–H and O–H groups in total. The third kappa shape index (κ3) is 2.32. The molecular formula is C12H7F5O2. The second-order valence-electron chi connectivity index (χ2n) is 4.05. The van der Waals surface area contributed by atoms with E-state index in [9.17, 15) is 26.7 Å². The van der Waals surface area contributed by atoms with Gasteiger partial charge in [-0.05, 0) is 6.07 Å². The molecule has 2 nitrogen and oxygen atoms in total. The SMILES string of the molecule is CC1C(C(=O)C(F)(F)F)=COc2c(F)cc(F)cc21. The van der Waals surface area contributed by atoms with Crippen LogP contribution in [0, 0.1) is 11.6 Å². The van der Waals surface area contributed by atoms with Crippen LogP contribution in [0.2, 0.25) is 0 Å². The largest absolute Gasteiger partial charge is 0.461 e.